The van der Waals surface area contributed by atoms with Crippen molar-refractivity contribution in [1.82, 2.24) is 0 Å². The van der Waals surface area contributed by atoms with Crippen LogP contribution in [0, 0.1) is 0 Å². The Hall–Kier alpha value is 0.198. The number of hydrogen-bond donors (Lipinski definition) is 4. The third-order valence-corrected chi connectivity index (χ3v) is 2.73. The summed E-state index contributed by atoms with van der Waals surface area (Å²) < 4.78 is 26.9. The van der Waals surface area contributed by atoms with Crippen LogP contribution in [0.25, 0.3) is 0 Å². The van der Waals surface area contributed by atoms with Crippen LogP contribution in [0.3, 0.4) is 0 Å². The number of rotatable bonds is 4. The van der Waals surface area contributed by atoms with E-state index in [1.54, 1.807) is 0 Å². The van der Waals surface area contributed by atoms with Gasteiger partial charge in [0, 0.05) is 0 Å². The predicted molar refractivity (Wildman–Crippen MR) is 33.4 cm³/mol. The second-order valence-electron chi connectivity index (χ2n) is 2.01. The molecule has 0 aromatic carbocycles. The quantitative estimate of drug-likeness (QED) is 0.409. The Labute approximate surface area is 61.3 Å². The maximum atomic E-state index is 10.2. The van der Waals surface area contributed by atoms with Gasteiger partial charge in [0.05, 0.1) is 0 Å². The Morgan fingerprint density at radius 2 is 1.90 bits per heavy atom. The molecule has 10 heavy (non-hydrogen) atoms. The van der Waals surface area contributed by atoms with Crippen molar-refractivity contribution in [2.24, 2.45) is 0 Å². The number of aliphatic hydroxyl groups excluding tert-OH is 2. The van der Waals surface area contributed by atoms with Crippen LogP contribution in [-0.2, 0) is 3.74 Å². The summed E-state index contributed by atoms with van der Waals surface area (Å²) >= 11 is -4.56. The Bertz CT molecular complexity index is 130. The average Bonchev–Trinajstić information content (AvgIpc) is 1.81. The zero-order valence-corrected chi connectivity index (χ0v) is 7.22. The SMILES string of the molecule is O=[As](O)(O)CC[C@H](O)CO. The first-order valence-electron chi connectivity index (χ1n) is 2.79. The van der Waals surface area contributed by atoms with Gasteiger partial charge in [-0.3, -0.25) is 0 Å². The van der Waals surface area contributed by atoms with Gasteiger partial charge in [0.1, 0.15) is 0 Å². The van der Waals surface area contributed by atoms with Gasteiger partial charge in [0.2, 0.25) is 0 Å². The summed E-state index contributed by atoms with van der Waals surface area (Å²) in [6, 6.07) is 0. The Balaban J connectivity index is 3.46. The van der Waals surface area contributed by atoms with Crippen molar-refractivity contribution in [3.8, 4) is 0 Å². The van der Waals surface area contributed by atoms with Gasteiger partial charge in [-0.2, -0.15) is 0 Å². The fraction of sp³-hybridized carbons (Fsp3) is 1.00. The van der Waals surface area contributed by atoms with Gasteiger partial charge in [0.15, 0.2) is 0 Å². The van der Waals surface area contributed by atoms with E-state index in [1.165, 1.54) is 0 Å². The first-order valence-corrected chi connectivity index (χ1v) is 6.56. The molecule has 0 aromatic rings. The molecule has 0 aliphatic rings. The number of hydrogen-bond acceptors (Lipinski definition) is 3. The van der Waals surface area contributed by atoms with Crippen LogP contribution >= 0.6 is 0 Å². The van der Waals surface area contributed by atoms with Crippen LogP contribution in [-0.4, -0.2) is 45.3 Å². The topological polar surface area (TPSA) is 98.0 Å². The first-order chi connectivity index (χ1) is 4.45. The summed E-state index contributed by atoms with van der Waals surface area (Å²) in [5.74, 6) is 0. The van der Waals surface area contributed by atoms with Gasteiger partial charge >= 0.3 is 60.7 Å². The Kier molecular flexibility index (Phi) is 4.24. The molecule has 0 fully saturated rings. The van der Waals surface area contributed by atoms with Crippen molar-refractivity contribution in [3.63, 3.8) is 0 Å². The van der Waals surface area contributed by atoms with E-state index in [9.17, 15) is 3.74 Å². The Morgan fingerprint density at radius 1 is 1.40 bits per heavy atom. The van der Waals surface area contributed by atoms with Crippen LogP contribution < -0.4 is 0 Å². The van der Waals surface area contributed by atoms with E-state index in [0.717, 1.165) is 0 Å². The third kappa shape index (κ3) is 6.32. The molecule has 1 atom stereocenters. The normalized spacial score (nSPS) is 15.2. The molecule has 0 radical (unpaired) electrons. The zero-order valence-electron chi connectivity index (χ0n) is 5.34. The Morgan fingerprint density at radius 3 is 2.20 bits per heavy atom. The van der Waals surface area contributed by atoms with E-state index in [1.807, 2.05) is 0 Å². The van der Waals surface area contributed by atoms with Gasteiger partial charge in [-0.05, 0) is 0 Å². The molecule has 0 saturated carbocycles. The van der Waals surface area contributed by atoms with Crippen LogP contribution in [0.2, 0.25) is 5.21 Å². The van der Waals surface area contributed by atoms with Gasteiger partial charge in [-0.25, -0.2) is 0 Å². The van der Waals surface area contributed by atoms with Crippen LogP contribution in [0.1, 0.15) is 6.42 Å². The van der Waals surface area contributed by atoms with Crippen molar-refractivity contribution in [2.75, 3.05) is 6.61 Å². The van der Waals surface area contributed by atoms with E-state index in [2.05, 4.69) is 0 Å². The summed E-state index contributed by atoms with van der Waals surface area (Å²) in [6.45, 7) is -0.449. The van der Waals surface area contributed by atoms with E-state index in [0.29, 0.717) is 0 Å². The fourth-order valence-corrected chi connectivity index (χ4v) is 1.74. The fourth-order valence-electron chi connectivity index (χ4n) is 0.408. The molecule has 0 unspecified atom stereocenters. The monoisotopic (exact) mass is 214 g/mol. The molecular weight excluding hydrogens is 203 g/mol. The summed E-state index contributed by atoms with van der Waals surface area (Å²) in [5, 5.41) is 16.6. The van der Waals surface area contributed by atoms with Gasteiger partial charge in [0.25, 0.3) is 0 Å². The number of aliphatic hydroxyl groups is 2. The molecule has 0 spiro atoms. The molecule has 0 aliphatic heterocycles. The molecular formula is C4H11AsO5. The van der Waals surface area contributed by atoms with Gasteiger partial charge in [-0.1, -0.05) is 0 Å². The molecule has 0 aliphatic carbocycles. The molecule has 5 nitrogen and oxygen atoms in total. The summed E-state index contributed by atoms with van der Waals surface area (Å²) in [4.78, 5) is 0. The van der Waals surface area contributed by atoms with Crippen molar-refractivity contribution >= 4 is 14.2 Å². The second-order valence-corrected chi connectivity index (χ2v) is 5.74. The van der Waals surface area contributed by atoms with E-state index < -0.39 is 26.9 Å². The second kappa shape index (κ2) is 4.15. The predicted octanol–water partition coefficient (Wildman–Crippen LogP) is -1.92. The van der Waals surface area contributed by atoms with Gasteiger partial charge in [-0.15, -0.1) is 0 Å². The molecule has 0 aromatic heterocycles. The van der Waals surface area contributed by atoms with Gasteiger partial charge < -0.3 is 0 Å². The minimum absolute atomic E-state index is 0.0417. The third-order valence-electron chi connectivity index (χ3n) is 0.964. The first kappa shape index (κ1) is 10.2. The van der Waals surface area contributed by atoms with Crippen molar-refractivity contribution in [1.29, 1.82) is 0 Å². The molecule has 62 valence electrons. The van der Waals surface area contributed by atoms with E-state index >= 15 is 0 Å². The van der Waals surface area contributed by atoms with Crippen molar-refractivity contribution < 1.29 is 22.1 Å². The van der Waals surface area contributed by atoms with Crippen LogP contribution in [0.5, 0.6) is 0 Å². The maximum absolute atomic E-state index is 10.2. The van der Waals surface area contributed by atoms with Crippen molar-refractivity contribution in [3.05, 3.63) is 0 Å². The van der Waals surface area contributed by atoms with E-state index in [-0.39, 0.29) is 11.6 Å². The van der Waals surface area contributed by atoms with Crippen molar-refractivity contribution in [2.45, 2.75) is 17.7 Å². The molecule has 0 amide bonds. The van der Waals surface area contributed by atoms with Crippen LogP contribution in [0.15, 0.2) is 0 Å². The van der Waals surface area contributed by atoms with E-state index in [4.69, 9.17) is 18.4 Å². The standard InChI is InChI=1S/C4H11AsO5/c6-3-4(7)1-2-5(8,9)10/h4,6-7H,1-3H2,(H2,8,9,10)/t4-/m0/s1. The molecule has 0 bridgehead atoms. The average molecular weight is 214 g/mol. The molecule has 0 saturated heterocycles. The zero-order chi connectivity index (χ0) is 8.20. The minimum atomic E-state index is -4.56. The summed E-state index contributed by atoms with van der Waals surface area (Å²) in [6.07, 6.45) is -1.05. The molecule has 4 N–H and O–H groups in total. The molecule has 0 heterocycles. The summed E-state index contributed by atoms with van der Waals surface area (Å²) in [7, 11) is 0. The molecule has 0 rings (SSSR count). The summed E-state index contributed by atoms with van der Waals surface area (Å²) in [5.41, 5.74) is 0. The molecule has 6 heteroatoms. The van der Waals surface area contributed by atoms with Crippen LogP contribution in [0.4, 0.5) is 0 Å².